The molecule has 0 unspecified atom stereocenters. The summed E-state index contributed by atoms with van der Waals surface area (Å²) >= 11 is 6.43. The van der Waals surface area contributed by atoms with Crippen molar-refractivity contribution < 1.29 is 9.53 Å². The Hall–Kier alpha value is -2.84. The van der Waals surface area contributed by atoms with Gasteiger partial charge in [0, 0.05) is 25.5 Å². The Balaban J connectivity index is 1.45. The van der Waals surface area contributed by atoms with Gasteiger partial charge in [-0.1, -0.05) is 11.6 Å². The number of rotatable bonds is 3. The molecular formula is C19H21ClN6O2. The number of morpholine rings is 1. The highest BCUT2D eigenvalue weighted by atomic mass is 35.5. The average Bonchev–Trinajstić information content (AvgIpc) is 3.04. The molecule has 4 heterocycles. The van der Waals surface area contributed by atoms with Crippen LogP contribution in [0.25, 0.3) is 11.0 Å². The van der Waals surface area contributed by atoms with Crippen molar-refractivity contribution in [2.24, 2.45) is 0 Å². The van der Waals surface area contributed by atoms with E-state index in [0.29, 0.717) is 40.9 Å². The van der Waals surface area contributed by atoms with Gasteiger partial charge >= 0.3 is 6.03 Å². The van der Waals surface area contributed by atoms with E-state index in [4.69, 9.17) is 16.3 Å². The van der Waals surface area contributed by atoms with Crippen LogP contribution in [0.1, 0.15) is 13.8 Å². The van der Waals surface area contributed by atoms with Gasteiger partial charge in [0.15, 0.2) is 0 Å². The number of anilines is 3. The van der Waals surface area contributed by atoms with Crippen molar-refractivity contribution in [3.8, 4) is 0 Å². The fraction of sp³-hybridized carbons (Fsp3) is 0.316. The molecule has 3 aromatic rings. The Morgan fingerprint density at radius 2 is 2.21 bits per heavy atom. The first kappa shape index (κ1) is 18.5. The van der Waals surface area contributed by atoms with Crippen LogP contribution in [0.15, 0.2) is 36.8 Å². The highest BCUT2D eigenvalue weighted by Crippen LogP contribution is 2.29. The number of amides is 2. The number of nitrogens with one attached hydrogen (secondary N) is 3. The monoisotopic (exact) mass is 400 g/mol. The first-order chi connectivity index (χ1) is 13.4. The third-order valence-corrected chi connectivity index (χ3v) is 4.77. The van der Waals surface area contributed by atoms with Crippen LogP contribution in [0.4, 0.5) is 22.0 Å². The molecule has 3 N–H and O–H groups in total. The molecule has 0 aromatic carbocycles. The summed E-state index contributed by atoms with van der Waals surface area (Å²) in [6.07, 6.45) is 4.97. The minimum Gasteiger partial charge on any atom is -0.372 e. The van der Waals surface area contributed by atoms with Crippen molar-refractivity contribution in [2.75, 3.05) is 35.2 Å². The Kier molecular flexibility index (Phi) is 4.82. The number of urea groups is 1. The van der Waals surface area contributed by atoms with Gasteiger partial charge in [0.05, 0.1) is 40.3 Å². The summed E-state index contributed by atoms with van der Waals surface area (Å²) in [5.74, 6) is 0.685. The molecular weight excluding hydrogens is 380 g/mol. The molecule has 9 heteroatoms. The van der Waals surface area contributed by atoms with E-state index < -0.39 is 6.03 Å². The van der Waals surface area contributed by atoms with Crippen LogP contribution in [0, 0.1) is 0 Å². The van der Waals surface area contributed by atoms with Crippen molar-refractivity contribution in [3.63, 3.8) is 0 Å². The number of ether oxygens (including phenoxy) is 1. The second-order valence-corrected chi connectivity index (χ2v) is 7.65. The van der Waals surface area contributed by atoms with Gasteiger partial charge in [-0.05, 0) is 32.0 Å². The maximum atomic E-state index is 12.3. The number of fused-ring (bicyclic) bond motifs is 1. The fourth-order valence-electron chi connectivity index (χ4n) is 3.26. The van der Waals surface area contributed by atoms with Crippen LogP contribution < -0.4 is 15.5 Å². The van der Waals surface area contributed by atoms with E-state index in [-0.39, 0.29) is 5.60 Å². The molecule has 28 heavy (non-hydrogen) atoms. The predicted molar refractivity (Wildman–Crippen MR) is 110 cm³/mol. The second-order valence-electron chi connectivity index (χ2n) is 7.24. The van der Waals surface area contributed by atoms with Crippen molar-refractivity contribution in [3.05, 3.63) is 41.8 Å². The topological polar surface area (TPSA) is 95.2 Å². The SMILES string of the molecule is CC1(C)CN(c2ncc(NC(=O)Nc3c[nH]c4cccnc34)cc2Cl)CCO1. The minimum absolute atomic E-state index is 0.257. The lowest BCUT2D eigenvalue weighted by Gasteiger charge is -2.39. The molecule has 1 fully saturated rings. The first-order valence-electron chi connectivity index (χ1n) is 8.96. The van der Waals surface area contributed by atoms with Crippen LogP contribution in [0.3, 0.4) is 0 Å². The number of carbonyl (C=O) groups excluding carboxylic acids is 1. The van der Waals surface area contributed by atoms with Gasteiger partial charge in [-0.15, -0.1) is 0 Å². The Morgan fingerprint density at radius 3 is 3.00 bits per heavy atom. The number of hydrogen-bond donors (Lipinski definition) is 3. The van der Waals surface area contributed by atoms with Gasteiger partial charge < -0.3 is 25.3 Å². The number of aromatic nitrogens is 3. The van der Waals surface area contributed by atoms with Crippen LogP contribution in [0.5, 0.6) is 0 Å². The molecule has 1 aliphatic heterocycles. The zero-order valence-electron chi connectivity index (χ0n) is 15.6. The molecule has 0 atom stereocenters. The second kappa shape index (κ2) is 7.29. The van der Waals surface area contributed by atoms with Gasteiger partial charge in [0.2, 0.25) is 0 Å². The number of carbonyl (C=O) groups is 1. The largest absolute Gasteiger partial charge is 0.372 e. The quantitative estimate of drug-likeness (QED) is 0.620. The number of halogens is 1. The van der Waals surface area contributed by atoms with E-state index in [1.165, 1.54) is 0 Å². The van der Waals surface area contributed by atoms with Crippen molar-refractivity contribution in [1.29, 1.82) is 0 Å². The minimum atomic E-state index is -0.398. The molecule has 146 valence electrons. The smallest absolute Gasteiger partial charge is 0.323 e. The van der Waals surface area contributed by atoms with E-state index in [0.717, 1.165) is 12.1 Å². The highest BCUT2D eigenvalue weighted by Gasteiger charge is 2.29. The van der Waals surface area contributed by atoms with Gasteiger partial charge in [-0.3, -0.25) is 4.98 Å². The standard InChI is InChI=1S/C19H21ClN6O2/c1-19(2)11-26(6-7-28-19)17-13(20)8-12(9-23-17)24-18(27)25-15-10-22-14-4-3-5-21-16(14)15/h3-5,8-10,22H,6-7,11H2,1-2H3,(H2,24,25,27). The number of pyridine rings is 2. The van der Waals surface area contributed by atoms with E-state index in [1.807, 2.05) is 26.0 Å². The molecule has 8 nitrogen and oxygen atoms in total. The normalized spacial score (nSPS) is 16.2. The van der Waals surface area contributed by atoms with Gasteiger partial charge in [0.25, 0.3) is 0 Å². The molecule has 4 rings (SSSR count). The summed E-state index contributed by atoms with van der Waals surface area (Å²) in [6.45, 7) is 6.10. The molecule has 0 spiro atoms. The highest BCUT2D eigenvalue weighted by molar-refractivity contribution is 6.33. The lowest BCUT2D eigenvalue weighted by atomic mass is 10.1. The van der Waals surface area contributed by atoms with Crippen molar-refractivity contribution >= 4 is 45.9 Å². The fourth-order valence-corrected chi connectivity index (χ4v) is 3.55. The molecule has 1 aliphatic rings. The Bertz CT molecular complexity index is 1020. The zero-order chi connectivity index (χ0) is 19.7. The molecule has 0 saturated carbocycles. The Morgan fingerprint density at radius 1 is 1.36 bits per heavy atom. The van der Waals surface area contributed by atoms with Crippen LogP contribution >= 0.6 is 11.6 Å². The summed E-state index contributed by atoms with van der Waals surface area (Å²) in [4.78, 5) is 26.2. The predicted octanol–water partition coefficient (Wildman–Crippen LogP) is 3.87. The third-order valence-electron chi connectivity index (χ3n) is 4.49. The van der Waals surface area contributed by atoms with Gasteiger partial charge in [-0.2, -0.15) is 0 Å². The first-order valence-corrected chi connectivity index (χ1v) is 9.34. The van der Waals surface area contributed by atoms with E-state index in [9.17, 15) is 4.79 Å². The molecule has 0 radical (unpaired) electrons. The molecule has 2 amide bonds. The third kappa shape index (κ3) is 3.88. The van der Waals surface area contributed by atoms with Crippen molar-refractivity contribution in [1.82, 2.24) is 15.0 Å². The average molecular weight is 401 g/mol. The van der Waals surface area contributed by atoms with Crippen LogP contribution in [0.2, 0.25) is 5.02 Å². The van der Waals surface area contributed by atoms with Crippen LogP contribution in [-0.2, 0) is 4.74 Å². The molecule has 0 aliphatic carbocycles. The maximum absolute atomic E-state index is 12.3. The van der Waals surface area contributed by atoms with Crippen molar-refractivity contribution in [2.45, 2.75) is 19.4 Å². The van der Waals surface area contributed by atoms with E-state index >= 15 is 0 Å². The van der Waals surface area contributed by atoms with E-state index in [2.05, 4.69) is 30.5 Å². The summed E-state index contributed by atoms with van der Waals surface area (Å²) in [5, 5.41) is 6.01. The lowest BCUT2D eigenvalue weighted by molar-refractivity contribution is -0.0279. The Labute approximate surface area is 167 Å². The van der Waals surface area contributed by atoms with E-state index in [1.54, 1.807) is 24.7 Å². The summed E-state index contributed by atoms with van der Waals surface area (Å²) in [6, 6.07) is 5.01. The molecule has 3 aromatic heterocycles. The lowest BCUT2D eigenvalue weighted by Crippen LogP contribution is -2.48. The van der Waals surface area contributed by atoms with Gasteiger partial charge in [-0.25, -0.2) is 9.78 Å². The number of hydrogen-bond acceptors (Lipinski definition) is 5. The number of aromatic amines is 1. The maximum Gasteiger partial charge on any atom is 0.323 e. The van der Waals surface area contributed by atoms with Gasteiger partial charge in [0.1, 0.15) is 11.3 Å². The summed E-state index contributed by atoms with van der Waals surface area (Å²) in [7, 11) is 0. The number of nitrogens with zero attached hydrogens (tertiary/aromatic N) is 3. The zero-order valence-corrected chi connectivity index (χ0v) is 16.4. The molecule has 1 saturated heterocycles. The number of H-pyrrole nitrogens is 1. The summed E-state index contributed by atoms with van der Waals surface area (Å²) in [5.41, 5.74) is 2.39. The summed E-state index contributed by atoms with van der Waals surface area (Å²) < 4.78 is 5.73. The van der Waals surface area contributed by atoms with Crippen LogP contribution in [-0.4, -0.2) is 46.3 Å². The molecule has 0 bridgehead atoms.